The van der Waals surface area contributed by atoms with Gasteiger partial charge in [0.25, 0.3) is 0 Å². The van der Waals surface area contributed by atoms with Gasteiger partial charge in [-0.3, -0.25) is 4.90 Å². The highest BCUT2D eigenvalue weighted by Gasteiger charge is 2.07. The Morgan fingerprint density at radius 2 is 2.00 bits per heavy atom. The molecule has 1 heterocycles. The van der Waals surface area contributed by atoms with Gasteiger partial charge in [-0.15, -0.1) is 0 Å². The molecule has 12 heavy (non-hydrogen) atoms. The predicted octanol–water partition coefficient (Wildman–Crippen LogP) is 1.26. The van der Waals surface area contributed by atoms with E-state index in [1.165, 1.54) is 12.8 Å². The highest BCUT2D eigenvalue weighted by atomic mass is 15.2. The molecule has 1 aliphatic heterocycles. The maximum absolute atomic E-state index is 4.31. The van der Waals surface area contributed by atoms with Crippen molar-refractivity contribution in [2.24, 2.45) is 0 Å². The van der Waals surface area contributed by atoms with Gasteiger partial charge in [-0.05, 0) is 6.42 Å². The minimum Gasteiger partial charge on any atom is -0.297 e. The molecule has 0 atom stereocenters. The lowest BCUT2D eigenvalue weighted by atomic mass is 10.3. The van der Waals surface area contributed by atoms with Crippen molar-refractivity contribution in [1.29, 1.82) is 0 Å². The van der Waals surface area contributed by atoms with Crippen LogP contribution < -0.4 is 5.32 Å². The van der Waals surface area contributed by atoms with Gasteiger partial charge >= 0.3 is 0 Å². The first kappa shape index (κ1) is 9.75. The van der Waals surface area contributed by atoms with Crippen molar-refractivity contribution >= 4 is 0 Å². The average Bonchev–Trinajstić information content (AvgIpc) is 2.14. The summed E-state index contributed by atoms with van der Waals surface area (Å²) in [7, 11) is 0. The third-order valence-electron chi connectivity index (χ3n) is 2.13. The van der Waals surface area contributed by atoms with Crippen LogP contribution in [0.25, 0.3) is 0 Å². The zero-order chi connectivity index (χ0) is 8.65. The Morgan fingerprint density at radius 1 is 1.25 bits per heavy atom. The summed E-state index contributed by atoms with van der Waals surface area (Å²) in [5, 5.41) is 4.31. The van der Waals surface area contributed by atoms with Crippen LogP contribution in [0.15, 0.2) is 12.2 Å². The Kier molecular flexibility index (Phi) is 5.04. The molecule has 2 heteroatoms. The van der Waals surface area contributed by atoms with Crippen LogP contribution in [0.4, 0.5) is 0 Å². The molecular weight excluding hydrogens is 148 g/mol. The van der Waals surface area contributed by atoms with Crippen LogP contribution in [-0.4, -0.2) is 37.6 Å². The molecule has 69 valence electrons. The van der Waals surface area contributed by atoms with E-state index < -0.39 is 0 Å². The normalized spacial score (nSPS) is 20.4. The summed E-state index contributed by atoms with van der Waals surface area (Å²) in [6.45, 7) is 7.69. The second-order valence-corrected chi connectivity index (χ2v) is 3.23. The van der Waals surface area contributed by atoms with E-state index in [0.29, 0.717) is 0 Å². The van der Waals surface area contributed by atoms with Gasteiger partial charge < -0.3 is 0 Å². The first-order valence-corrected chi connectivity index (χ1v) is 4.94. The largest absolute Gasteiger partial charge is 0.297 e. The van der Waals surface area contributed by atoms with Crippen LogP contribution in [0.1, 0.15) is 19.8 Å². The summed E-state index contributed by atoms with van der Waals surface area (Å²) < 4.78 is 0. The Hall–Kier alpha value is -0.340. The van der Waals surface area contributed by atoms with Crippen LogP contribution in [0, 0.1) is 0 Å². The SMILES string of the molecule is CCC/C=C/CN1CC[N]CC1. The third kappa shape index (κ3) is 3.88. The van der Waals surface area contributed by atoms with E-state index in [2.05, 4.69) is 29.3 Å². The van der Waals surface area contributed by atoms with E-state index in [1.807, 2.05) is 0 Å². The van der Waals surface area contributed by atoms with Crippen LogP contribution in [0.3, 0.4) is 0 Å². The third-order valence-corrected chi connectivity index (χ3v) is 2.13. The van der Waals surface area contributed by atoms with Gasteiger partial charge in [-0.1, -0.05) is 25.5 Å². The molecule has 0 aromatic heterocycles. The molecule has 0 bridgehead atoms. The molecule has 0 amide bonds. The van der Waals surface area contributed by atoms with E-state index in [-0.39, 0.29) is 0 Å². The van der Waals surface area contributed by atoms with Gasteiger partial charge in [-0.25, -0.2) is 5.32 Å². The molecule has 1 rings (SSSR count). The molecule has 0 aromatic carbocycles. The summed E-state index contributed by atoms with van der Waals surface area (Å²) >= 11 is 0. The number of allylic oxidation sites excluding steroid dienone is 1. The molecule has 0 N–H and O–H groups in total. The Balaban J connectivity index is 2.04. The fourth-order valence-corrected chi connectivity index (χ4v) is 1.34. The molecular formula is C10H19N2. The summed E-state index contributed by atoms with van der Waals surface area (Å²) in [5.74, 6) is 0. The van der Waals surface area contributed by atoms with Gasteiger partial charge in [-0.2, -0.15) is 0 Å². The second-order valence-electron chi connectivity index (χ2n) is 3.23. The molecule has 1 aliphatic rings. The minimum atomic E-state index is 1.03. The Morgan fingerprint density at radius 3 is 2.67 bits per heavy atom. The summed E-state index contributed by atoms with van der Waals surface area (Å²) in [4.78, 5) is 2.46. The summed E-state index contributed by atoms with van der Waals surface area (Å²) in [5.41, 5.74) is 0. The van der Waals surface area contributed by atoms with Gasteiger partial charge in [0.05, 0.1) is 0 Å². The zero-order valence-corrected chi connectivity index (χ0v) is 8.00. The predicted molar refractivity (Wildman–Crippen MR) is 52.4 cm³/mol. The number of nitrogens with zero attached hydrogens (tertiary/aromatic N) is 2. The van der Waals surface area contributed by atoms with Crippen molar-refractivity contribution in [1.82, 2.24) is 10.2 Å². The van der Waals surface area contributed by atoms with Crippen molar-refractivity contribution in [2.45, 2.75) is 19.8 Å². The molecule has 1 radical (unpaired) electrons. The highest BCUT2D eigenvalue weighted by Crippen LogP contribution is 1.94. The quantitative estimate of drug-likeness (QED) is 0.576. The van der Waals surface area contributed by atoms with Gasteiger partial charge in [0.1, 0.15) is 0 Å². The molecule has 1 saturated heterocycles. The topological polar surface area (TPSA) is 17.3 Å². The standard InChI is InChI=1S/C10H19N2/c1-2-3-4-5-8-12-9-6-11-7-10-12/h4-5H,2-3,6-10H2,1H3/b5-4+. The van der Waals surface area contributed by atoms with Gasteiger partial charge in [0, 0.05) is 32.7 Å². The van der Waals surface area contributed by atoms with Crippen molar-refractivity contribution in [3.8, 4) is 0 Å². The van der Waals surface area contributed by atoms with Gasteiger partial charge in [0.15, 0.2) is 0 Å². The smallest absolute Gasteiger partial charge is 0.0261 e. The number of unbranched alkanes of at least 4 members (excludes halogenated alkanes) is 1. The molecule has 0 aromatic rings. The van der Waals surface area contributed by atoms with E-state index in [9.17, 15) is 0 Å². The maximum Gasteiger partial charge on any atom is 0.0261 e. The first-order chi connectivity index (χ1) is 5.93. The molecule has 0 unspecified atom stereocenters. The van der Waals surface area contributed by atoms with Crippen molar-refractivity contribution < 1.29 is 0 Å². The number of hydrogen-bond acceptors (Lipinski definition) is 1. The van der Waals surface area contributed by atoms with E-state index in [1.54, 1.807) is 0 Å². The maximum atomic E-state index is 4.31. The highest BCUT2D eigenvalue weighted by molar-refractivity contribution is 4.85. The fraction of sp³-hybridized carbons (Fsp3) is 0.800. The number of rotatable bonds is 4. The molecule has 1 fully saturated rings. The zero-order valence-electron chi connectivity index (χ0n) is 8.00. The first-order valence-electron chi connectivity index (χ1n) is 4.94. The van der Waals surface area contributed by atoms with Crippen LogP contribution in [-0.2, 0) is 0 Å². The molecule has 0 spiro atoms. The lowest BCUT2D eigenvalue weighted by Crippen LogP contribution is -2.40. The van der Waals surface area contributed by atoms with Crippen LogP contribution in [0.5, 0.6) is 0 Å². The van der Waals surface area contributed by atoms with E-state index in [4.69, 9.17) is 0 Å². The van der Waals surface area contributed by atoms with Crippen LogP contribution in [0.2, 0.25) is 0 Å². The summed E-state index contributed by atoms with van der Waals surface area (Å²) in [6.07, 6.45) is 7.05. The molecule has 2 nitrogen and oxygen atoms in total. The Bertz CT molecular complexity index is 126. The summed E-state index contributed by atoms with van der Waals surface area (Å²) in [6, 6.07) is 0. The van der Waals surface area contributed by atoms with Gasteiger partial charge in [0.2, 0.25) is 0 Å². The monoisotopic (exact) mass is 167 g/mol. The second kappa shape index (κ2) is 6.21. The van der Waals surface area contributed by atoms with Crippen molar-refractivity contribution in [3.63, 3.8) is 0 Å². The van der Waals surface area contributed by atoms with E-state index in [0.717, 1.165) is 32.7 Å². The lowest BCUT2D eigenvalue weighted by molar-refractivity contribution is 0.262. The number of hydrogen-bond donors (Lipinski definition) is 0. The van der Waals surface area contributed by atoms with Crippen molar-refractivity contribution in [2.75, 3.05) is 32.7 Å². The van der Waals surface area contributed by atoms with Crippen LogP contribution >= 0.6 is 0 Å². The minimum absolute atomic E-state index is 1.03. The molecule has 0 aliphatic carbocycles. The molecule has 0 saturated carbocycles. The lowest BCUT2D eigenvalue weighted by Gasteiger charge is -2.24. The van der Waals surface area contributed by atoms with E-state index >= 15 is 0 Å². The average molecular weight is 167 g/mol. The van der Waals surface area contributed by atoms with Crippen molar-refractivity contribution in [3.05, 3.63) is 12.2 Å². The Labute approximate surface area is 75.6 Å². The fourth-order valence-electron chi connectivity index (χ4n) is 1.34. The number of piperazine rings is 1.